The van der Waals surface area contributed by atoms with E-state index in [0.29, 0.717) is 28.1 Å². The molecule has 140 valence electrons. The smallest absolute Gasteiger partial charge is 0.275 e. The molecule has 7 heteroatoms. The third kappa shape index (κ3) is 3.29. The van der Waals surface area contributed by atoms with Gasteiger partial charge in [-0.2, -0.15) is 0 Å². The van der Waals surface area contributed by atoms with Gasteiger partial charge >= 0.3 is 0 Å². The van der Waals surface area contributed by atoms with E-state index in [1.54, 1.807) is 30.3 Å². The molecule has 6 nitrogen and oxygen atoms in total. The second-order valence-corrected chi connectivity index (χ2v) is 6.53. The summed E-state index contributed by atoms with van der Waals surface area (Å²) >= 11 is 0. The molecule has 0 aliphatic carbocycles. The van der Waals surface area contributed by atoms with Crippen LogP contribution in [0.3, 0.4) is 0 Å². The van der Waals surface area contributed by atoms with Crippen molar-refractivity contribution in [1.29, 1.82) is 0 Å². The Hall–Kier alpha value is -4.13. The van der Waals surface area contributed by atoms with Crippen LogP contribution in [0.25, 0.3) is 33.5 Å². The molecule has 5 rings (SSSR count). The average Bonchev–Trinajstić information content (AvgIpc) is 3.17. The molecule has 0 saturated carbocycles. The number of hydrogen-bond acceptors (Lipinski definition) is 4. The van der Waals surface area contributed by atoms with Gasteiger partial charge < -0.3 is 10.3 Å². The van der Waals surface area contributed by atoms with E-state index in [-0.39, 0.29) is 17.4 Å². The molecule has 2 aromatic heterocycles. The SMILES string of the molecule is O=C(Nc1ccc2nc(-c3cccc(F)c3)[nH]c2c1)c1cnc2ccccc2n1. The van der Waals surface area contributed by atoms with Gasteiger partial charge in [0.1, 0.15) is 17.3 Å². The molecule has 3 aromatic carbocycles. The Morgan fingerprint density at radius 2 is 1.76 bits per heavy atom. The molecule has 0 radical (unpaired) electrons. The van der Waals surface area contributed by atoms with Gasteiger partial charge in [-0.05, 0) is 42.5 Å². The third-order valence-corrected chi connectivity index (χ3v) is 4.52. The third-order valence-electron chi connectivity index (χ3n) is 4.52. The molecular formula is C22H14FN5O. The van der Waals surface area contributed by atoms with Gasteiger partial charge in [0.05, 0.1) is 28.3 Å². The van der Waals surface area contributed by atoms with Crippen molar-refractivity contribution in [3.05, 3.63) is 84.4 Å². The molecule has 0 atom stereocenters. The highest BCUT2D eigenvalue weighted by Crippen LogP contribution is 2.23. The number of carbonyl (C=O) groups excluding carboxylic acids is 1. The quantitative estimate of drug-likeness (QED) is 0.478. The predicted octanol–water partition coefficient (Wildman–Crippen LogP) is 4.56. The van der Waals surface area contributed by atoms with Crippen molar-refractivity contribution < 1.29 is 9.18 Å². The first kappa shape index (κ1) is 17.0. The zero-order chi connectivity index (χ0) is 19.8. The molecule has 0 bridgehead atoms. The lowest BCUT2D eigenvalue weighted by Crippen LogP contribution is -2.14. The standard InChI is InChI=1S/C22H14FN5O/c23-14-5-3-4-13(10-14)21-27-18-9-8-15(11-19(18)28-21)25-22(29)20-12-24-16-6-1-2-7-17(16)26-20/h1-12H,(H,25,29)(H,27,28). The zero-order valence-corrected chi connectivity index (χ0v) is 15.1. The summed E-state index contributed by atoms with van der Waals surface area (Å²) in [5.41, 5.74) is 4.30. The Labute approximate surface area is 164 Å². The van der Waals surface area contributed by atoms with Gasteiger partial charge in [-0.25, -0.2) is 14.4 Å². The van der Waals surface area contributed by atoms with Crippen LogP contribution in [0.4, 0.5) is 10.1 Å². The van der Waals surface area contributed by atoms with Crippen LogP contribution in [-0.4, -0.2) is 25.8 Å². The van der Waals surface area contributed by atoms with Crippen molar-refractivity contribution in [3.63, 3.8) is 0 Å². The minimum absolute atomic E-state index is 0.230. The molecule has 0 spiro atoms. The molecule has 1 amide bonds. The predicted molar refractivity (Wildman–Crippen MR) is 109 cm³/mol. The largest absolute Gasteiger partial charge is 0.338 e. The first-order chi connectivity index (χ1) is 14.2. The molecule has 5 aromatic rings. The van der Waals surface area contributed by atoms with Gasteiger partial charge in [0.15, 0.2) is 0 Å². The van der Waals surface area contributed by atoms with Crippen LogP contribution in [0, 0.1) is 5.82 Å². The first-order valence-corrected chi connectivity index (χ1v) is 8.94. The van der Waals surface area contributed by atoms with Crippen LogP contribution >= 0.6 is 0 Å². The first-order valence-electron chi connectivity index (χ1n) is 8.94. The minimum atomic E-state index is -0.354. The van der Waals surface area contributed by atoms with Crippen LogP contribution in [0.15, 0.2) is 72.9 Å². The van der Waals surface area contributed by atoms with Crippen LogP contribution < -0.4 is 5.32 Å². The number of nitrogens with one attached hydrogen (secondary N) is 2. The van der Waals surface area contributed by atoms with Gasteiger partial charge in [-0.15, -0.1) is 0 Å². The van der Waals surface area contributed by atoms with Gasteiger partial charge in [0, 0.05) is 11.3 Å². The molecule has 0 aliphatic rings. The Morgan fingerprint density at radius 1 is 0.897 bits per heavy atom. The van der Waals surface area contributed by atoms with Gasteiger partial charge in [0.2, 0.25) is 0 Å². The van der Waals surface area contributed by atoms with Crippen molar-refractivity contribution in [2.75, 3.05) is 5.32 Å². The van der Waals surface area contributed by atoms with Gasteiger partial charge in [0.25, 0.3) is 5.91 Å². The highest BCUT2D eigenvalue weighted by Gasteiger charge is 2.11. The van der Waals surface area contributed by atoms with Crippen molar-refractivity contribution in [1.82, 2.24) is 19.9 Å². The van der Waals surface area contributed by atoms with Crippen molar-refractivity contribution in [2.24, 2.45) is 0 Å². The summed E-state index contributed by atoms with van der Waals surface area (Å²) in [6.07, 6.45) is 1.45. The average molecular weight is 383 g/mol. The van der Waals surface area contributed by atoms with E-state index in [0.717, 1.165) is 11.0 Å². The lowest BCUT2D eigenvalue weighted by molar-refractivity contribution is 0.102. The molecule has 2 heterocycles. The van der Waals surface area contributed by atoms with E-state index >= 15 is 0 Å². The number of aromatic amines is 1. The summed E-state index contributed by atoms with van der Waals surface area (Å²) < 4.78 is 13.5. The molecule has 0 aliphatic heterocycles. The number of imidazole rings is 1. The van der Waals surface area contributed by atoms with Crippen LogP contribution in [0.5, 0.6) is 0 Å². The van der Waals surface area contributed by atoms with Gasteiger partial charge in [-0.1, -0.05) is 24.3 Å². The van der Waals surface area contributed by atoms with E-state index in [4.69, 9.17) is 0 Å². The topological polar surface area (TPSA) is 83.6 Å². The number of anilines is 1. The maximum atomic E-state index is 13.5. The highest BCUT2D eigenvalue weighted by atomic mass is 19.1. The Morgan fingerprint density at radius 3 is 2.62 bits per heavy atom. The van der Waals surface area contributed by atoms with E-state index in [1.807, 2.05) is 24.3 Å². The Balaban J connectivity index is 1.43. The maximum Gasteiger partial charge on any atom is 0.275 e. The fraction of sp³-hybridized carbons (Fsp3) is 0. The Bertz CT molecular complexity index is 1380. The van der Waals surface area contributed by atoms with Crippen LogP contribution in [0.2, 0.25) is 0 Å². The summed E-state index contributed by atoms with van der Waals surface area (Å²) in [5, 5.41) is 2.82. The molecule has 0 saturated heterocycles. The van der Waals surface area contributed by atoms with E-state index < -0.39 is 0 Å². The summed E-state index contributed by atoms with van der Waals surface area (Å²) in [5.74, 6) is -0.122. The maximum absolute atomic E-state index is 13.5. The number of nitrogens with zero attached hydrogens (tertiary/aromatic N) is 3. The molecule has 29 heavy (non-hydrogen) atoms. The molecule has 0 unspecified atom stereocenters. The second kappa shape index (κ2) is 6.79. The number of rotatable bonds is 3. The molecule has 0 fully saturated rings. The summed E-state index contributed by atoms with van der Waals surface area (Å²) in [7, 11) is 0. The second-order valence-electron chi connectivity index (χ2n) is 6.53. The van der Waals surface area contributed by atoms with E-state index in [2.05, 4.69) is 25.3 Å². The number of benzene rings is 3. The van der Waals surface area contributed by atoms with Crippen molar-refractivity contribution >= 4 is 33.7 Å². The number of amides is 1. The zero-order valence-electron chi connectivity index (χ0n) is 15.1. The van der Waals surface area contributed by atoms with E-state index in [1.165, 1.54) is 18.3 Å². The van der Waals surface area contributed by atoms with Gasteiger partial charge in [-0.3, -0.25) is 9.78 Å². The fourth-order valence-electron chi connectivity index (χ4n) is 3.12. The summed E-state index contributed by atoms with van der Waals surface area (Å²) in [6, 6.07) is 18.9. The molecular weight excluding hydrogens is 369 g/mol. The highest BCUT2D eigenvalue weighted by molar-refractivity contribution is 6.04. The monoisotopic (exact) mass is 383 g/mol. The number of hydrogen-bond donors (Lipinski definition) is 2. The molecule has 2 N–H and O–H groups in total. The summed E-state index contributed by atoms with van der Waals surface area (Å²) in [4.78, 5) is 28.8. The normalized spacial score (nSPS) is 11.1. The van der Waals surface area contributed by atoms with Crippen LogP contribution in [-0.2, 0) is 0 Å². The van der Waals surface area contributed by atoms with Crippen molar-refractivity contribution in [2.45, 2.75) is 0 Å². The Kier molecular flexibility index (Phi) is 3.98. The number of para-hydroxylation sites is 2. The lowest BCUT2D eigenvalue weighted by atomic mass is 10.2. The fourth-order valence-corrected chi connectivity index (χ4v) is 3.12. The number of aromatic nitrogens is 4. The summed E-state index contributed by atoms with van der Waals surface area (Å²) in [6.45, 7) is 0. The van der Waals surface area contributed by atoms with E-state index in [9.17, 15) is 9.18 Å². The number of halogens is 1. The number of fused-ring (bicyclic) bond motifs is 2. The number of carbonyl (C=O) groups is 1. The van der Waals surface area contributed by atoms with Crippen molar-refractivity contribution in [3.8, 4) is 11.4 Å². The number of H-pyrrole nitrogens is 1. The van der Waals surface area contributed by atoms with Crippen LogP contribution in [0.1, 0.15) is 10.5 Å². The lowest BCUT2D eigenvalue weighted by Gasteiger charge is -2.05. The minimum Gasteiger partial charge on any atom is -0.338 e.